The number of hydrogen-bond donors (Lipinski definition) is 1. The summed E-state index contributed by atoms with van der Waals surface area (Å²) in [7, 11) is 0. The highest BCUT2D eigenvalue weighted by Gasteiger charge is 2.28. The average molecular weight is 201 g/mol. The van der Waals surface area contributed by atoms with Crippen LogP contribution in [0.4, 0.5) is 0 Å². The summed E-state index contributed by atoms with van der Waals surface area (Å²) in [5, 5.41) is 0. The Morgan fingerprint density at radius 1 is 1.46 bits per heavy atom. The van der Waals surface area contributed by atoms with Crippen LogP contribution < -0.4 is 0 Å². The van der Waals surface area contributed by atoms with Crippen LogP contribution in [0.1, 0.15) is 39.5 Å². The lowest BCUT2D eigenvalue weighted by Crippen LogP contribution is -2.32. The average Bonchev–Trinajstić information content (AvgIpc) is 2.94. The molecule has 0 N–H and O–H groups in total. The third-order valence-corrected chi connectivity index (χ3v) is 3.34. The van der Waals surface area contributed by atoms with Crippen LogP contribution in [0.15, 0.2) is 0 Å². The molecule has 2 heteroatoms. The summed E-state index contributed by atoms with van der Waals surface area (Å²) in [6.45, 7) is 7.13. The highest BCUT2D eigenvalue weighted by Crippen LogP contribution is 2.27. The van der Waals surface area contributed by atoms with Gasteiger partial charge >= 0.3 is 0 Å². The van der Waals surface area contributed by atoms with Crippen molar-refractivity contribution < 1.29 is 0 Å². The van der Waals surface area contributed by atoms with Gasteiger partial charge < -0.3 is 4.90 Å². The Labute approximate surface area is 88.3 Å². The summed E-state index contributed by atoms with van der Waals surface area (Å²) < 4.78 is 0. The molecule has 0 amide bonds. The first-order valence-corrected chi connectivity index (χ1v) is 6.26. The molecule has 0 bridgehead atoms. The molecule has 1 aliphatic rings. The predicted octanol–water partition coefficient (Wildman–Crippen LogP) is 2.82. The van der Waals surface area contributed by atoms with E-state index in [1.807, 2.05) is 0 Å². The zero-order valence-corrected chi connectivity index (χ0v) is 9.89. The fraction of sp³-hybridized carbons (Fsp3) is 1.00. The SMILES string of the molecule is CCCCN(CC(C)CS)C1CC1. The maximum absolute atomic E-state index is 4.34. The highest BCUT2D eigenvalue weighted by atomic mass is 32.1. The first kappa shape index (κ1) is 11.4. The second kappa shape index (κ2) is 5.92. The fourth-order valence-electron chi connectivity index (χ4n) is 1.68. The molecular formula is C11H23NS. The van der Waals surface area contributed by atoms with Gasteiger partial charge in [0.1, 0.15) is 0 Å². The molecule has 1 atom stereocenters. The summed E-state index contributed by atoms with van der Waals surface area (Å²) in [6.07, 6.45) is 5.54. The van der Waals surface area contributed by atoms with Crippen LogP contribution in [0.25, 0.3) is 0 Å². The molecule has 13 heavy (non-hydrogen) atoms. The molecule has 0 radical (unpaired) electrons. The molecule has 1 rings (SSSR count). The minimum atomic E-state index is 0.751. The predicted molar refractivity (Wildman–Crippen MR) is 62.5 cm³/mol. The van der Waals surface area contributed by atoms with E-state index in [0.29, 0.717) is 0 Å². The number of rotatable bonds is 7. The second-order valence-corrected chi connectivity index (χ2v) is 4.73. The van der Waals surface area contributed by atoms with Gasteiger partial charge in [-0.2, -0.15) is 12.6 Å². The van der Waals surface area contributed by atoms with Crippen LogP contribution in [0, 0.1) is 5.92 Å². The van der Waals surface area contributed by atoms with Crippen molar-refractivity contribution in [2.75, 3.05) is 18.8 Å². The van der Waals surface area contributed by atoms with Gasteiger partial charge in [0, 0.05) is 12.6 Å². The molecule has 1 unspecified atom stereocenters. The van der Waals surface area contributed by atoms with E-state index < -0.39 is 0 Å². The lowest BCUT2D eigenvalue weighted by Gasteiger charge is -2.24. The molecule has 78 valence electrons. The van der Waals surface area contributed by atoms with Gasteiger partial charge in [0.25, 0.3) is 0 Å². The standard InChI is InChI=1S/C11H23NS/c1-3-4-7-12(11-5-6-11)8-10(2)9-13/h10-11,13H,3-9H2,1-2H3. The van der Waals surface area contributed by atoms with E-state index in [-0.39, 0.29) is 0 Å². The Morgan fingerprint density at radius 3 is 2.62 bits per heavy atom. The van der Waals surface area contributed by atoms with Gasteiger partial charge in [0.05, 0.1) is 0 Å². The smallest absolute Gasteiger partial charge is 0.00965 e. The van der Waals surface area contributed by atoms with Gasteiger partial charge in [-0.15, -0.1) is 0 Å². The van der Waals surface area contributed by atoms with Crippen molar-refractivity contribution in [3.05, 3.63) is 0 Å². The third kappa shape index (κ3) is 4.37. The Morgan fingerprint density at radius 2 is 2.15 bits per heavy atom. The fourth-order valence-corrected chi connectivity index (χ4v) is 1.80. The van der Waals surface area contributed by atoms with E-state index in [9.17, 15) is 0 Å². The Balaban J connectivity index is 2.20. The molecule has 1 fully saturated rings. The van der Waals surface area contributed by atoms with Crippen LogP contribution in [-0.4, -0.2) is 29.8 Å². The molecular weight excluding hydrogens is 178 g/mol. The summed E-state index contributed by atoms with van der Waals surface area (Å²) in [5.41, 5.74) is 0. The second-order valence-electron chi connectivity index (χ2n) is 4.37. The molecule has 1 nitrogen and oxygen atoms in total. The van der Waals surface area contributed by atoms with Crippen LogP contribution in [0.3, 0.4) is 0 Å². The number of hydrogen-bond acceptors (Lipinski definition) is 2. The number of nitrogens with zero attached hydrogens (tertiary/aromatic N) is 1. The van der Waals surface area contributed by atoms with Crippen molar-refractivity contribution >= 4 is 12.6 Å². The Bertz CT molecular complexity index is 134. The van der Waals surface area contributed by atoms with Gasteiger partial charge in [0.15, 0.2) is 0 Å². The Hall–Kier alpha value is 0.310. The van der Waals surface area contributed by atoms with Crippen molar-refractivity contribution in [2.45, 2.75) is 45.6 Å². The van der Waals surface area contributed by atoms with Crippen LogP contribution >= 0.6 is 12.6 Å². The monoisotopic (exact) mass is 201 g/mol. The largest absolute Gasteiger partial charge is 0.300 e. The summed E-state index contributed by atoms with van der Waals surface area (Å²) in [4.78, 5) is 2.67. The molecule has 0 spiro atoms. The number of thiol groups is 1. The molecule has 0 heterocycles. The Kier molecular flexibility index (Phi) is 5.18. The molecule has 0 aromatic carbocycles. The van der Waals surface area contributed by atoms with Crippen molar-refractivity contribution in [3.8, 4) is 0 Å². The molecule has 0 aliphatic heterocycles. The van der Waals surface area contributed by atoms with Gasteiger partial charge in [-0.1, -0.05) is 20.3 Å². The third-order valence-electron chi connectivity index (χ3n) is 2.72. The van der Waals surface area contributed by atoms with E-state index in [1.54, 1.807) is 0 Å². The highest BCUT2D eigenvalue weighted by molar-refractivity contribution is 7.80. The van der Waals surface area contributed by atoms with E-state index in [4.69, 9.17) is 0 Å². The molecule has 1 aliphatic carbocycles. The van der Waals surface area contributed by atoms with Crippen molar-refractivity contribution in [2.24, 2.45) is 5.92 Å². The summed E-state index contributed by atoms with van der Waals surface area (Å²) in [5.74, 6) is 1.77. The van der Waals surface area contributed by atoms with E-state index in [0.717, 1.165) is 17.7 Å². The lowest BCUT2D eigenvalue weighted by molar-refractivity contribution is 0.233. The van der Waals surface area contributed by atoms with Crippen LogP contribution in [-0.2, 0) is 0 Å². The minimum Gasteiger partial charge on any atom is -0.300 e. The summed E-state index contributed by atoms with van der Waals surface area (Å²) >= 11 is 4.34. The van der Waals surface area contributed by atoms with Crippen molar-refractivity contribution in [1.29, 1.82) is 0 Å². The molecule has 0 aromatic rings. The van der Waals surface area contributed by atoms with Crippen molar-refractivity contribution in [1.82, 2.24) is 4.90 Å². The van der Waals surface area contributed by atoms with E-state index >= 15 is 0 Å². The maximum atomic E-state index is 4.34. The maximum Gasteiger partial charge on any atom is 0.00965 e. The molecule has 0 aromatic heterocycles. The van der Waals surface area contributed by atoms with Gasteiger partial charge in [-0.3, -0.25) is 0 Å². The minimum absolute atomic E-state index is 0.751. The topological polar surface area (TPSA) is 3.24 Å². The quantitative estimate of drug-likeness (QED) is 0.620. The molecule has 1 saturated carbocycles. The van der Waals surface area contributed by atoms with E-state index in [2.05, 4.69) is 31.4 Å². The van der Waals surface area contributed by atoms with Gasteiger partial charge in [-0.05, 0) is 37.5 Å². The summed E-state index contributed by atoms with van der Waals surface area (Å²) in [6, 6.07) is 0.925. The van der Waals surface area contributed by atoms with Crippen LogP contribution in [0.2, 0.25) is 0 Å². The van der Waals surface area contributed by atoms with Crippen LogP contribution in [0.5, 0.6) is 0 Å². The zero-order chi connectivity index (χ0) is 9.68. The molecule has 0 saturated heterocycles. The van der Waals surface area contributed by atoms with Gasteiger partial charge in [0.2, 0.25) is 0 Å². The van der Waals surface area contributed by atoms with Gasteiger partial charge in [-0.25, -0.2) is 0 Å². The zero-order valence-electron chi connectivity index (χ0n) is 9.00. The first-order valence-electron chi connectivity index (χ1n) is 5.62. The number of unbranched alkanes of at least 4 members (excludes halogenated alkanes) is 1. The van der Waals surface area contributed by atoms with Crippen molar-refractivity contribution in [3.63, 3.8) is 0 Å². The normalized spacial score (nSPS) is 19.4. The van der Waals surface area contributed by atoms with E-state index in [1.165, 1.54) is 38.8 Å². The lowest BCUT2D eigenvalue weighted by atomic mass is 10.2. The first-order chi connectivity index (χ1) is 6.27.